The Kier molecular flexibility index (Phi) is 4.65. The lowest BCUT2D eigenvalue weighted by molar-refractivity contribution is 0.103. The van der Waals surface area contributed by atoms with E-state index in [-0.39, 0.29) is 11.7 Å². The van der Waals surface area contributed by atoms with Crippen molar-refractivity contribution in [1.29, 1.82) is 0 Å². The molecule has 0 N–H and O–H groups in total. The van der Waals surface area contributed by atoms with Crippen LogP contribution in [0.2, 0.25) is 0 Å². The van der Waals surface area contributed by atoms with E-state index in [0.29, 0.717) is 26.9 Å². The molecule has 1 aliphatic rings. The van der Waals surface area contributed by atoms with E-state index in [1.165, 1.54) is 6.20 Å². The summed E-state index contributed by atoms with van der Waals surface area (Å²) in [6.07, 6.45) is 2.60. The third kappa shape index (κ3) is 3.39. The minimum Gasteiger partial charge on any atom is -0.360 e. The van der Waals surface area contributed by atoms with Crippen LogP contribution >= 0.6 is 15.9 Å². The number of hydrogen-bond donors (Lipinski definition) is 1. The van der Waals surface area contributed by atoms with Crippen LogP contribution in [0.5, 0.6) is 0 Å². The van der Waals surface area contributed by atoms with Crippen molar-refractivity contribution in [2.75, 3.05) is 0 Å². The van der Waals surface area contributed by atoms with E-state index < -0.39 is 17.1 Å². The summed E-state index contributed by atoms with van der Waals surface area (Å²) in [4.78, 5) is 12.9. The van der Waals surface area contributed by atoms with E-state index in [2.05, 4.69) is 21.1 Å². The first-order chi connectivity index (χ1) is 11.0. The molecule has 1 saturated carbocycles. The van der Waals surface area contributed by atoms with Gasteiger partial charge in [0.05, 0.1) is 11.8 Å². The molecular formula is C15H14BrNO5S. The maximum absolute atomic E-state index is 12.9. The van der Waals surface area contributed by atoms with E-state index in [1.807, 2.05) is 0 Å². The Hall–Kier alpha value is -1.51. The summed E-state index contributed by atoms with van der Waals surface area (Å²) in [6.45, 7) is 1.58. The highest BCUT2D eigenvalue weighted by Crippen LogP contribution is 2.42. The molecule has 2 aromatic rings. The number of halogens is 1. The number of aromatic nitrogens is 1. The Morgan fingerprint density at radius 1 is 1.39 bits per heavy atom. The van der Waals surface area contributed by atoms with Crippen molar-refractivity contribution in [1.82, 2.24) is 5.16 Å². The maximum Gasteiger partial charge on any atom is 0.257 e. The second-order valence-corrected chi connectivity index (χ2v) is 6.89. The molecule has 1 fully saturated rings. The van der Waals surface area contributed by atoms with Crippen molar-refractivity contribution in [2.45, 2.75) is 31.8 Å². The van der Waals surface area contributed by atoms with Gasteiger partial charge in [-0.15, -0.1) is 0 Å². The zero-order chi connectivity index (χ0) is 16.6. The van der Waals surface area contributed by atoms with Crippen molar-refractivity contribution in [2.24, 2.45) is 0 Å². The smallest absolute Gasteiger partial charge is 0.257 e. The third-order valence-corrected chi connectivity index (χ3v) is 4.92. The van der Waals surface area contributed by atoms with Gasteiger partial charge in [0, 0.05) is 21.5 Å². The molecule has 1 aromatic carbocycles. The Morgan fingerprint density at radius 3 is 2.78 bits per heavy atom. The van der Waals surface area contributed by atoms with Gasteiger partial charge < -0.3 is 4.52 Å². The highest BCUT2D eigenvalue weighted by atomic mass is 79.9. The average Bonchev–Trinajstić information content (AvgIpc) is 3.22. The van der Waals surface area contributed by atoms with Gasteiger partial charge in [-0.3, -0.25) is 8.98 Å². The molecule has 1 aromatic heterocycles. The summed E-state index contributed by atoms with van der Waals surface area (Å²) < 4.78 is 32.4. The first kappa shape index (κ1) is 16.4. The number of carbonyl (C=O) groups excluding carboxylic acids is 1. The molecule has 1 heterocycles. The van der Waals surface area contributed by atoms with Crippen LogP contribution in [-0.2, 0) is 15.2 Å². The normalized spacial score (nSPS) is 15.8. The fourth-order valence-corrected chi connectivity index (χ4v) is 3.59. The van der Waals surface area contributed by atoms with Crippen LogP contribution in [0.3, 0.4) is 0 Å². The van der Waals surface area contributed by atoms with Crippen LogP contribution in [0, 0.1) is 0 Å². The van der Waals surface area contributed by atoms with Gasteiger partial charge in [0.2, 0.25) is 0 Å². The molecule has 0 bridgehead atoms. The second kappa shape index (κ2) is 6.54. The summed E-state index contributed by atoms with van der Waals surface area (Å²) in [5.74, 6) is 0.599. The van der Waals surface area contributed by atoms with Gasteiger partial charge in [-0.05, 0) is 25.8 Å². The first-order valence-corrected chi connectivity index (χ1v) is 8.96. The fourth-order valence-electron chi connectivity index (χ4n) is 2.53. The van der Waals surface area contributed by atoms with Gasteiger partial charge in [0.15, 0.2) is 11.5 Å². The molecular weight excluding hydrogens is 386 g/mol. The third-order valence-electron chi connectivity index (χ3n) is 3.74. The fraction of sp³-hybridized carbons (Fsp3) is 0.333. The van der Waals surface area contributed by atoms with Gasteiger partial charge in [-0.2, -0.15) is 0 Å². The number of nitrogens with zero attached hydrogens (tertiary/aromatic N) is 1. The zero-order valence-corrected chi connectivity index (χ0v) is 14.7. The van der Waals surface area contributed by atoms with Crippen LogP contribution < -0.4 is 0 Å². The molecule has 6 nitrogen and oxygen atoms in total. The monoisotopic (exact) mass is 399 g/mol. The van der Waals surface area contributed by atoms with Crippen molar-refractivity contribution < 1.29 is 21.9 Å². The Labute approximate surface area is 143 Å². The molecule has 8 heteroatoms. The molecule has 1 atom stereocenters. The number of hydrogen-bond acceptors (Lipinski definition) is 6. The molecule has 0 radical (unpaired) electrons. The summed E-state index contributed by atoms with van der Waals surface area (Å²) >= 11 is 3.36. The molecule has 0 spiro atoms. The standard InChI is InChI=1S/C15H14BrNO5S/c1-8(22-23(19)20)13-10(3-2-4-12(13)16)14(18)11-7-17-21-15(11)9-5-6-9/h2-4,7-9,23H,5-6H2,1H3. The van der Waals surface area contributed by atoms with E-state index >= 15 is 0 Å². The van der Waals surface area contributed by atoms with Gasteiger partial charge in [-0.25, -0.2) is 8.42 Å². The van der Waals surface area contributed by atoms with Crippen LogP contribution in [0.1, 0.15) is 59.0 Å². The van der Waals surface area contributed by atoms with Crippen molar-refractivity contribution in [3.63, 3.8) is 0 Å². The minimum atomic E-state index is -3.02. The number of thiol groups is 1. The summed E-state index contributed by atoms with van der Waals surface area (Å²) in [6, 6.07) is 5.10. The van der Waals surface area contributed by atoms with Crippen molar-refractivity contribution >= 4 is 32.7 Å². The second-order valence-electron chi connectivity index (χ2n) is 5.38. The predicted octanol–water partition coefficient (Wildman–Crippen LogP) is 3.15. The van der Waals surface area contributed by atoms with Gasteiger partial charge in [0.1, 0.15) is 6.10 Å². The lowest BCUT2D eigenvalue weighted by Crippen LogP contribution is -2.11. The largest absolute Gasteiger partial charge is 0.360 e. The van der Waals surface area contributed by atoms with Gasteiger partial charge >= 0.3 is 0 Å². The number of rotatable bonds is 6. The lowest BCUT2D eigenvalue weighted by atomic mass is 9.95. The first-order valence-electron chi connectivity index (χ1n) is 7.08. The van der Waals surface area contributed by atoms with Crippen LogP contribution in [0.25, 0.3) is 0 Å². The van der Waals surface area contributed by atoms with E-state index in [1.54, 1.807) is 25.1 Å². The molecule has 3 rings (SSSR count). The van der Waals surface area contributed by atoms with Crippen LogP contribution in [0.4, 0.5) is 0 Å². The van der Waals surface area contributed by atoms with E-state index in [9.17, 15) is 13.2 Å². The highest BCUT2D eigenvalue weighted by Gasteiger charge is 2.33. The number of carbonyl (C=O) groups is 1. The molecule has 1 unspecified atom stereocenters. The number of ketones is 1. The molecule has 1 aliphatic carbocycles. The SMILES string of the molecule is CC(O[SH](=O)=O)c1c(Br)cccc1C(=O)c1cnoc1C1CC1. The van der Waals surface area contributed by atoms with E-state index in [4.69, 9.17) is 8.71 Å². The van der Waals surface area contributed by atoms with Gasteiger partial charge in [0.25, 0.3) is 11.0 Å². The van der Waals surface area contributed by atoms with Crippen LogP contribution in [0.15, 0.2) is 33.4 Å². The molecule has 0 amide bonds. The van der Waals surface area contributed by atoms with Crippen LogP contribution in [-0.4, -0.2) is 19.4 Å². The summed E-state index contributed by atoms with van der Waals surface area (Å²) in [5.41, 5.74) is 1.28. The molecule has 0 saturated heterocycles. The summed E-state index contributed by atoms with van der Waals surface area (Å²) in [5, 5.41) is 3.74. The predicted molar refractivity (Wildman–Crippen MR) is 85.9 cm³/mol. The highest BCUT2D eigenvalue weighted by molar-refractivity contribution is 9.10. The number of benzene rings is 1. The molecule has 122 valence electrons. The zero-order valence-electron chi connectivity index (χ0n) is 12.2. The van der Waals surface area contributed by atoms with Crippen molar-refractivity contribution in [3.05, 3.63) is 51.3 Å². The quantitative estimate of drug-likeness (QED) is 0.592. The average molecular weight is 400 g/mol. The van der Waals surface area contributed by atoms with E-state index in [0.717, 1.165) is 12.8 Å². The topological polar surface area (TPSA) is 86.5 Å². The molecule has 23 heavy (non-hydrogen) atoms. The maximum atomic E-state index is 12.9. The Bertz CT molecular complexity index is 817. The Morgan fingerprint density at radius 2 is 2.13 bits per heavy atom. The van der Waals surface area contributed by atoms with Crippen molar-refractivity contribution in [3.8, 4) is 0 Å². The Balaban J connectivity index is 2.03. The van der Waals surface area contributed by atoms with Gasteiger partial charge in [-0.1, -0.05) is 33.2 Å². The minimum absolute atomic E-state index is 0.247. The lowest BCUT2D eigenvalue weighted by Gasteiger charge is -2.15. The molecule has 0 aliphatic heterocycles. The summed E-state index contributed by atoms with van der Waals surface area (Å²) in [7, 11) is -3.02.